The van der Waals surface area contributed by atoms with E-state index in [0.717, 1.165) is 37.8 Å². The van der Waals surface area contributed by atoms with Crippen molar-refractivity contribution in [3.63, 3.8) is 0 Å². The number of nitrogens with zero attached hydrogens (tertiary/aromatic N) is 2. The topological polar surface area (TPSA) is 46.9 Å². The summed E-state index contributed by atoms with van der Waals surface area (Å²) in [5.41, 5.74) is 1.95. The van der Waals surface area contributed by atoms with E-state index in [1.54, 1.807) is 0 Å². The van der Waals surface area contributed by atoms with Gasteiger partial charge >= 0.3 is 0 Å². The third kappa shape index (κ3) is 3.26. The molecule has 0 saturated carbocycles. The van der Waals surface area contributed by atoms with Crippen LogP contribution >= 0.6 is 22.9 Å². The Balaban J connectivity index is 1.94. The number of amides is 1. The van der Waals surface area contributed by atoms with Gasteiger partial charge in [0.1, 0.15) is 4.83 Å². The Morgan fingerprint density at radius 3 is 2.91 bits per heavy atom. The first kappa shape index (κ1) is 16.0. The van der Waals surface area contributed by atoms with Gasteiger partial charge in [-0.1, -0.05) is 36.7 Å². The zero-order chi connectivity index (χ0) is 16.4. The zero-order valence-electron chi connectivity index (χ0n) is 13.1. The minimum absolute atomic E-state index is 0.0169. The second kappa shape index (κ2) is 6.72. The minimum atomic E-state index is -0.0169. The molecule has 0 unspecified atom stereocenters. The normalized spacial score (nSPS) is 11.1. The molecule has 0 saturated heterocycles. The number of fused-ring (bicyclic) bond motifs is 1. The molecule has 2 heterocycles. The average Bonchev–Trinajstić information content (AvgIpc) is 3.09. The van der Waals surface area contributed by atoms with Crippen molar-refractivity contribution in [2.45, 2.75) is 26.8 Å². The van der Waals surface area contributed by atoms with Gasteiger partial charge in [0, 0.05) is 17.0 Å². The fourth-order valence-corrected chi connectivity index (χ4v) is 3.72. The van der Waals surface area contributed by atoms with Crippen molar-refractivity contribution in [3.8, 4) is 0 Å². The molecule has 0 atom stereocenters. The third-order valence-corrected chi connectivity index (χ3v) is 5.16. The summed E-state index contributed by atoms with van der Waals surface area (Å²) in [4.78, 5) is 13.9. The molecule has 120 valence electrons. The molecule has 4 nitrogen and oxygen atoms in total. The summed E-state index contributed by atoms with van der Waals surface area (Å²) >= 11 is 7.72. The van der Waals surface area contributed by atoms with Crippen molar-refractivity contribution in [3.05, 3.63) is 51.5 Å². The van der Waals surface area contributed by atoms with Crippen LogP contribution in [0.2, 0.25) is 5.02 Å². The van der Waals surface area contributed by atoms with Crippen LogP contribution in [0.15, 0.2) is 30.3 Å². The maximum atomic E-state index is 12.2. The van der Waals surface area contributed by atoms with Crippen molar-refractivity contribution in [1.82, 2.24) is 15.1 Å². The summed E-state index contributed by atoms with van der Waals surface area (Å²) in [6.07, 6.45) is 0.927. The van der Waals surface area contributed by atoms with Crippen LogP contribution in [0.25, 0.3) is 10.2 Å². The molecule has 0 radical (unpaired) electrons. The predicted molar refractivity (Wildman–Crippen MR) is 95.5 cm³/mol. The SMILES string of the molecule is CCCNC(=O)c1cc2c(C)nn(Cc3ccccc3Cl)c2s1. The van der Waals surface area contributed by atoms with Gasteiger partial charge in [-0.25, -0.2) is 0 Å². The predicted octanol–water partition coefficient (Wildman–Crippen LogP) is 4.25. The summed E-state index contributed by atoms with van der Waals surface area (Å²) < 4.78 is 1.92. The number of thiophene rings is 1. The Bertz CT molecular complexity index is 853. The second-order valence-electron chi connectivity index (χ2n) is 5.42. The number of hydrogen-bond donors (Lipinski definition) is 1. The molecule has 3 aromatic rings. The van der Waals surface area contributed by atoms with Gasteiger partial charge in [0.05, 0.1) is 17.1 Å². The van der Waals surface area contributed by atoms with Crippen LogP contribution in [0.1, 0.15) is 34.3 Å². The molecule has 6 heteroatoms. The average molecular weight is 348 g/mol. The molecular weight excluding hydrogens is 330 g/mol. The van der Waals surface area contributed by atoms with Crippen LogP contribution in [-0.4, -0.2) is 22.2 Å². The van der Waals surface area contributed by atoms with Gasteiger partial charge in [-0.3, -0.25) is 9.48 Å². The number of rotatable bonds is 5. The maximum Gasteiger partial charge on any atom is 0.261 e. The van der Waals surface area contributed by atoms with Crippen molar-refractivity contribution in [2.75, 3.05) is 6.54 Å². The molecule has 1 aromatic carbocycles. The first-order valence-electron chi connectivity index (χ1n) is 7.58. The molecule has 0 spiro atoms. The molecule has 1 amide bonds. The van der Waals surface area contributed by atoms with Gasteiger partial charge in [-0.2, -0.15) is 5.10 Å². The molecular formula is C17H18ClN3OS. The van der Waals surface area contributed by atoms with Crippen LogP contribution in [0.5, 0.6) is 0 Å². The molecule has 0 fully saturated rings. The summed E-state index contributed by atoms with van der Waals surface area (Å²) in [6.45, 7) is 5.29. The molecule has 0 aliphatic carbocycles. The highest BCUT2D eigenvalue weighted by Crippen LogP contribution is 2.29. The smallest absolute Gasteiger partial charge is 0.261 e. The Labute approximate surface area is 144 Å². The van der Waals surface area contributed by atoms with Crippen LogP contribution < -0.4 is 5.32 Å². The lowest BCUT2D eigenvalue weighted by Crippen LogP contribution is -2.22. The number of carbonyl (C=O) groups excluding carboxylic acids is 1. The van der Waals surface area contributed by atoms with E-state index in [9.17, 15) is 4.79 Å². The first-order chi connectivity index (χ1) is 11.1. The van der Waals surface area contributed by atoms with Gasteiger partial charge in [0.25, 0.3) is 5.91 Å². The minimum Gasteiger partial charge on any atom is -0.351 e. The highest BCUT2D eigenvalue weighted by Gasteiger charge is 2.16. The van der Waals surface area contributed by atoms with E-state index in [-0.39, 0.29) is 5.91 Å². The van der Waals surface area contributed by atoms with Crippen molar-refractivity contribution in [1.29, 1.82) is 0 Å². The van der Waals surface area contributed by atoms with E-state index in [4.69, 9.17) is 11.6 Å². The van der Waals surface area contributed by atoms with Gasteiger partial charge in [-0.15, -0.1) is 11.3 Å². The first-order valence-corrected chi connectivity index (χ1v) is 8.78. The largest absolute Gasteiger partial charge is 0.351 e. The van der Waals surface area contributed by atoms with Gasteiger partial charge in [0.15, 0.2) is 0 Å². The van der Waals surface area contributed by atoms with Gasteiger partial charge in [-0.05, 0) is 31.0 Å². The van der Waals surface area contributed by atoms with Crippen molar-refractivity contribution in [2.24, 2.45) is 0 Å². The summed E-state index contributed by atoms with van der Waals surface area (Å²) in [5, 5.41) is 9.26. The van der Waals surface area contributed by atoms with Crippen molar-refractivity contribution < 1.29 is 4.79 Å². The van der Waals surface area contributed by atoms with E-state index >= 15 is 0 Å². The van der Waals surface area contributed by atoms with E-state index < -0.39 is 0 Å². The van der Waals surface area contributed by atoms with Crippen molar-refractivity contribution >= 4 is 39.1 Å². The molecule has 1 N–H and O–H groups in total. The maximum absolute atomic E-state index is 12.2. The second-order valence-corrected chi connectivity index (χ2v) is 6.86. The third-order valence-electron chi connectivity index (χ3n) is 3.64. The van der Waals surface area contributed by atoms with Crippen LogP contribution in [0, 0.1) is 6.92 Å². The highest BCUT2D eigenvalue weighted by atomic mass is 35.5. The van der Waals surface area contributed by atoms with Gasteiger partial charge < -0.3 is 5.32 Å². The summed E-state index contributed by atoms with van der Waals surface area (Å²) in [5.74, 6) is -0.0169. The van der Waals surface area contributed by atoms with Gasteiger partial charge in [0.2, 0.25) is 0 Å². The number of hydrogen-bond acceptors (Lipinski definition) is 3. The van der Waals surface area contributed by atoms with E-state index in [1.165, 1.54) is 11.3 Å². The lowest BCUT2D eigenvalue weighted by Gasteiger charge is -2.05. The monoisotopic (exact) mass is 347 g/mol. The fraction of sp³-hybridized carbons (Fsp3) is 0.294. The Morgan fingerprint density at radius 2 is 2.17 bits per heavy atom. The molecule has 2 aromatic heterocycles. The van der Waals surface area contributed by atoms with Crippen LogP contribution in [0.4, 0.5) is 0 Å². The van der Waals surface area contributed by atoms with E-state index in [2.05, 4.69) is 10.4 Å². The number of carbonyl (C=O) groups is 1. The van der Waals surface area contributed by atoms with E-state index in [1.807, 2.05) is 48.9 Å². The molecule has 0 aliphatic rings. The summed E-state index contributed by atoms with van der Waals surface area (Å²) in [6, 6.07) is 9.68. The lowest BCUT2D eigenvalue weighted by molar-refractivity contribution is 0.0958. The number of halogens is 1. The zero-order valence-corrected chi connectivity index (χ0v) is 14.7. The number of aromatic nitrogens is 2. The number of nitrogens with one attached hydrogen (secondary N) is 1. The molecule has 0 bridgehead atoms. The Hall–Kier alpha value is -1.85. The van der Waals surface area contributed by atoms with E-state index in [0.29, 0.717) is 13.1 Å². The van der Waals surface area contributed by atoms with Crippen LogP contribution in [0.3, 0.4) is 0 Å². The fourth-order valence-electron chi connectivity index (χ4n) is 2.45. The number of aryl methyl sites for hydroxylation is 1. The quantitative estimate of drug-likeness (QED) is 0.750. The van der Waals surface area contributed by atoms with Crippen LogP contribution in [-0.2, 0) is 6.54 Å². The molecule has 23 heavy (non-hydrogen) atoms. The Morgan fingerprint density at radius 1 is 1.39 bits per heavy atom. The standard InChI is InChI=1S/C17H18ClN3OS/c1-3-8-19-16(22)15-9-13-11(2)20-21(17(13)23-15)10-12-6-4-5-7-14(12)18/h4-7,9H,3,8,10H2,1-2H3,(H,19,22). The summed E-state index contributed by atoms with van der Waals surface area (Å²) in [7, 11) is 0. The molecule has 0 aliphatic heterocycles. The highest BCUT2D eigenvalue weighted by molar-refractivity contribution is 7.20. The Kier molecular flexibility index (Phi) is 4.68. The number of benzene rings is 1. The lowest BCUT2D eigenvalue weighted by atomic mass is 10.2. The molecule has 3 rings (SSSR count).